The Morgan fingerprint density at radius 2 is 1.89 bits per heavy atom. The highest BCUT2D eigenvalue weighted by Crippen LogP contribution is 2.25. The van der Waals surface area contributed by atoms with E-state index in [1.54, 1.807) is 57.4 Å². The van der Waals surface area contributed by atoms with Gasteiger partial charge < -0.3 is 23.8 Å². The number of benzene rings is 1. The van der Waals surface area contributed by atoms with Crippen molar-refractivity contribution in [1.82, 2.24) is 4.90 Å². The maximum absolute atomic E-state index is 12.6. The number of esters is 1. The molecule has 7 nitrogen and oxygen atoms in total. The Labute approximate surface area is 160 Å². The molecule has 0 aromatic heterocycles. The molecule has 0 saturated heterocycles. The summed E-state index contributed by atoms with van der Waals surface area (Å²) >= 11 is 0. The minimum absolute atomic E-state index is 0.156. The summed E-state index contributed by atoms with van der Waals surface area (Å²) in [5.74, 6) is 0.792. The van der Waals surface area contributed by atoms with Gasteiger partial charge in [-0.05, 0) is 37.6 Å². The quantitative estimate of drug-likeness (QED) is 0.316. The average Bonchev–Trinajstić information content (AvgIpc) is 2.68. The summed E-state index contributed by atoms with van der Waals surface area (Å²) in [6.07, 6.45) is 3.98. The molecule has 0 saturated carbocycles. The zero-order chi connectivity index (χ0) is 20.1. The molecule has 1 amide bonds. The van der Waals surface area contributed by atoms with Crippen molar-refractivity contribution in [2.24, 2.45) is 0 Å². The van der Waals surface area contributed by atoms with E-state index in [2.05, 4.69) is 0 Å². The van der Waals surface area contributed by atoms with Crippen LogP contribution < -0.4 is 9.47 Å². The van der Waals surface area contributed by atoms with Crippen molar-refractivity contribution in [3.63, 3.8) is 0 Å². The molecule has 27 heavy (non-hydrogen) atoms. The zero-order valence-electron chi connectivity index (χ0n) is 16.5. The van der Waals surface area contributed by atoms with Crippen LogP contribution in [0.2, 0.25) is 0 Å². The van der Waals surface area contributed by atoms with Crippen molar-refractivity contribution in [3.05, 3.63) is 29.8 Å². The van der Waals surface area contributed by atoms with Crippen LogP contribution in [-0.2, 0) is 19.1 Å². The molecule has 150 valence electrons. The monoisotopic (exact) mass is 379 g/mol. The molecule has 0 spiro atoms. The molecule has 0 atom stereocenters. The van der Waals surface area contributed by atoms with Crippen LogP contribution in [0.5, 0.6) is 11.5 Å². The van der Waals surface area contributed by atoms with Crippen molar-refractivity contribution < 1.29 is 28.5 Å². The number of methoxy groups -OCH3 is 3. The lowest BCUT2D eigenvalue weighted by atomic mass is 10.1. The van der Waals surface area contributed by atoms with E-state index in [-0.39, 0.29) is 18.3 Å². The van der Waals surface area contributed by atoms with Crippen LogP contribution in [0.25, 0.3) is 6.08 Å². The highest BCUT2D eigenvalue weighted by molar-refractivity contribution is 5.92. The smallest absolute Gasteiger partial charge is 0.307 e. The first-order valence-corrected chi connectivity index (χ1v) is 8.89. The van der Waals surface area contributed by atoms with E-state index in [0.29, 0.717) is 44.2 Å². The highest BCUT2D eigenvalue weighted by Gasteiger charge is 2.13. The maximum atomic E-state index is 12.6. The van der Waals surface area contributed by atoms with E-state index in [0.717, 1.165) is 5.56 Å². The first-order chi connectivity index (χ1) is 13.0. The maximum Gasteiger partial charge on any atom is 0.307 e. The number of amides is 1. The van der Waals surface area contributed by atoms with Gasteiger partial charge in [0.25, 0.3) is 0 Å². The normalized spacial score (nSPS) is 10.7. The number of ether oxygens (including phenoxy) is 4. The van der Waals surface area contributed by atoms with E-state index in [1.807, 2.05) is 0 Å². The molecule has 0 radical (unpaired) electrons. The average molecular weight is 379 g/mol. The summed E-state index contributed by atoms with van der Waals surface area (Å²) in [5, 5.41) is 0. The lowest BCUT2D eigenvalue weighted by Crippen LogP contribution is -2.33. The Kier molecular flexibility index (Phi) is 10.6. The molecule has 1 aromatic carbocycles. The summed E-state index contributed by atoms with van der Waals surface area (Å²) in [6.45, 7) is 3.40. The third-order valence-corrected chi connectivity index (χ3v) is 3.82. The van der Waals surface area contributed by atoms with E-state index in [9.17, 15) is 9.59 Å². The highest BCUT2D eigenvalue weighted by atomic mass is 16.5. The number of rotatable bonds is 12. The van der Waals surface area contributed by atoms with E-state index in [4.69, 9.17) is 18.9 Å². The van der Waals surface area contributed by atoms with Crippen molar-refractivity contribution in [3.8, 4) is 11.5 Å². The fraction of sp³-hybridized carbons (Fsp3) is 0.500. The van der Waals surface area contributed by atoms with Gasteiger partial charge in [-0.2, -0.15) is 0 Å². The first kappa shape index (κ1) is 22.5. The lowest BCUT2D eigenvalue weighted by molar-refractivity contribution is -0.143. The number of carbonyl (C=O) groups is 2. The van der Waals surface area contributed by atoms with Gasteiger partial charge in [0.2, 0.25) is 5.91 Å². The molecule has 1 aromatic rings. The molecule has 0 aliphatic carbocycles. The van der Waals surface area contributed by atoms with Gasteiger partial charge in [0.15, 0.2) is 0 Å². The van der Waals surface area contributed by atoms with Crippen LogP contribution in [0.3, 0.4) is 0 Å². The number of nitrogens with zero attached hydrogens (tertiary/aromatic N) is 1. The Morgan fingerprint density at radius 3 is 2.52 bits per heavy atom. The third kappa shape index (κ3) is 8.13. The second-order valence-corrected chi connectivity index (χ2v) is 5.67. The minimum atomic E-state index is -0.319. The summed E-state index contributed by atoms with van der Waals surface area (Å²) in [5.41, 5.74) is 0.729. The van der Waals surface area contributed by atoms with Crippen LogP contribution in [0.1, 0.15) is 25.3 Å². The van der Waals surface area contributed by atoms with Gasteiger partial charge in [-0.1, -0.05) is 0 Å². The molecular weight excluding hydrogens is 350 g/mol. The van der Waals surface area contributed by atoms with Gasteiger partial charge in [0.05, 0.1) is 27.2 Å². The van der Waals surface area contributed by atoms with Gasteiger partial charge >= 0.3 is 5.97 Å². The summed E-state index contributed by atoms with van der Waals surface area (Å²) in [7, 11) is 4.75. The van der Waals surface area contributed by atoms with Crippen LogP contribution in [0.4, 0.5) is 0 Å². The van der Waals surface area contributed by atoms with Gasteiger partial charge in [0.1, 0.15) is 11.5 Å². The summed E-state index contributed by atoms with van der Waals surface area (Å²) < 4.78 is 20.5. The molecule has 0 bridgehead atoms. The third-order valence-electron chi connectivity index (χ3n) is 3.82. The van der Waals surface area contributed by atoms with E-state index in [1.165, 1.54) is 6.08 Å². The fourth-order valence-electron chi connectivity index (χ4n) is 2.43. The van der Waals surface area contributed by atoms with Crippen LogP contribution in [-0.4, -0.2) is 64.4 Å². The number of hydrogen-bond donors (Lipinski definition) is 0. The largest absolute Gasteiger partial charge is 0.497 e. The standard InChI is InChI=1S/C20H29NO6/c1-5-27-20(23)11-13-21(12-6-14-24-2)19(22)10-7-16-15-17(25-3)8-9-18(16)26-4/h7-10,15H,5-6,11-14H2,1-4H3/b10-7+. The Morgan fingerprint density at radius 1 is 1.11 bits per heavy atom. The van der Waals surface area contributed by atoms with Crippen LogP contribution >= 0.6 is 0 Å². The number of carbonyl (C=O) groups excluding carboxylic acids is 2. The Hall–Kier alpha value is -2.54. The van der Waals surface area contributed by atoms with Crippen molar-refractivity contribution in [2.45, 2.75) is 19.8 Å². The first-order valence-electron chi connectivity index (χ1n) is 8.89. The van der Waals surface area contributed by atoms with Gasteiger partial charge in [-0.25, -0.2) is 0 Å². The zero-order valence-corrected chi connectivity index (χ0v) is 16.5. The Bertz CT molecular complexity index is 629. The molecule has 0 heterocycles. The second kappa shape index (κ2) is 12.8. The van der Waals surface area contributed by atoms with Crippen molar-refractivity contribution in [1.29, 1.82) is 0 Å². The van der Waals surface area contributed by atoms with Crippen molar-refractivity contribution in [2.75, 3.05) is 47.6 Å². The molecule has 0 fully saturated rings. The molecule has 1 rings (SSSR count). The van der Waals surface area contributed by atoms with Crippen LogP contribution in [0, 0.1) is 0 Å². The summed E-state index contributed by atoms with van der Waals surface area (Å²) in [4.78, 5) is 25.8. The molecular formula is C20H29NO6. The van der Waals surface area contributed by atoms with Crippen LogP contribution in [0.15, 0.2) is 24.3 Å². The fourth-order valence-corrected chi connectivity index (χ4v) is 2.43. The molecule has 0 unspecified atom stereocenters. The van der Waals surface area contributed by atoms with Gasteiger partial charge in [0, 0.05) is 38.4 Å². The SMILES string of the molecule is CCOC(=O)CCN(CCCOC)C(=O)/C=C/c1cc(OC)ccc1OC. The molecule has 0 N–H and O–H groups in total. The molecule has 0 aliphatic rings. The summed E-state index contributed by atoms with van der Waals surface area (Å²) in [6, 6.07) is 5.35. The minimum Gasteiger partial charge on any atom is -0.497 e. The second-order valence-electron chi connectivity index (χ2n) is 5.67. The van der Waals surface area contributed by atoms with Gasteiger partial charge in [-0.3, -0.25) is 9.59 Å². The number of hydrogen-bond acceptors (Lipinski definition) is 6. The predicted octanol–water partition coefficient (Wildman–Crippen LogP) is 2.54. The van der Waals surface area contributed by atoms with Crippen molar-refractivity contribution >= 4 is 18.0 Å². The van der Waals surface area contributed by atoms with E-state index < -0.39 is 0 Å². The molecule has 0 aliphatic heterocycles. The topological polar surface area (TPSA) is 74.3 Å². The van der Waals surface area contributed by atoms with Gasteiger partial charge in [-0.15, -0.1) is 0 Å². The Balaban J connectivity index is 2.84. The van der Waals surface area contributed by atoms with E-state index >= 15 is 0 Å². The molecule has 7 heteroatoms. The lowest BCUT2D eigenvalue weighted by Gasteiger charge is -2.20. The predicted molar refractivity (Wildman–Crippen MR) is 103 cm³/mol.